The van der Waals surface area contributed by atoms with Crippen molar-refractivity contribution in [2.24, 2.45) is 11.7 Å². The van der Waals surface area contributed by atoms with Crippen LogP contribution in [0.25, 0.3) is 0 Å². The summed E-state index contributed by atoms with van der Waals surface area (Å²) in [4.78, 5) is 22.1. The zero-order chi connectivity index (χ0) is 11.4. The molecule has 15 heavy (non-hydrogen) atoms. The third-order valence-electron chi connectivity index (χ3n) is 2.87. The fraction of sp³-hybridized carbons (Fsp3) is 0.800. The molecule has 0 heterocycles. The molecular weight excluding hydrogens is 196 g/mol. The van der Waals surface area contributed by atoms with E-state index in [0.29, 0.717) is 0 Å². The van der Waals surface area contributed by atoms with Crippen LogP contribution in [0.3, 0.4) is 0 Å². The van der Waals surface area contributed by atoms with Gasteiger partial charge in [-0.15, -0.1) is 0 Å². The molecule has 1 fully saturated rings. The molecule has 1 saturated carbocycles. The highest BCUT2D eigenvalue weighted by Gasteiger charge is 2.26. The summed E-state index contributed by atoms with van der Waals surface area (Å²) in [5, 5.41) is 11.1. The lowest BCUT2D eigenvalue weighted by atomic mass is 9.86. The Balaban J connectivity index is 2.37. The van der Waals surface area contributed by atoms with Crippen molar-refractivity contribution in [3.63, 3.8) is 0 Å². The van der Waals surface area contributed by atoms with Crippen LogP contribution in [0, 0.1) is 5.92 Å². The minimum Gasteiger partial charge on any atom is -0.480 e. The van der Waals surface area contributed by atoms with Crippen LogP contribution in [-0.4, -0.2) is 29.1 Å². The molecule has 0 aromatic rings. The van der Waals surface area contributed by atoms with Gasteiger partial charge in [0, 0.05) is 12.0 Å². The van der Waals surface area contributed by atoms with Gasteiger partial charge in [-0.05, 0) is 32.6 Å². The number of hydrogen-bond acceptors (Lipinski definition) is 3. The van der Waals surface area contributed by atoms with Crippen LogP contribution < -0.4 is 11.1 Å². The number of rotatable bonds is 3. The molecule has 86 valence electrons. The van der Waals surface area contributed by atoms with Crippen LogP contribution in [0.2, 0.25) is 0 Å². The van der Waals surface area contributed by atoms with E-state index in [2.05, 4.69) is 5.32 Å². The molecule has 5 heteroatoms. The average Bonchev–Trinajstić information content (AvgIpc) is 2.18. The number of carboxylic acids is 1. The maximum atomic E-state index is 11.6. The van der Waals surface area contributed by atoms with Gasteiger partial charge in [-0.3, -0.25) is 9.59 Å². The highest BCUT2D eigenvalue weighted by molar-refractivity contribution is 5.84. The Kier molecular flexibility index (Phi) is 4.08. The predicted molar refractivity (Wildman–Crippen MR) is 55.2 cm³/mol. The molecule has 0 bridgehead atoms. The molecule has 1 amide bonds. The molecule has 0 spiro atoms. The fourth-order valence-electron chi connectivity index (χ4n) is 1.77. The van der Waals surface area contributed by atoms with Crippen LogP contribution in [0.1, 0.15) is 32.6 Å². The van der Waals surface area contributed by atoms with E-state index in [9.17, 15) is 9.59 Å². The van der Waals surface area contributed by atoms with Gasteiger partial charge in [0.15, 0.2) is 0 Å². The number of nitrogens with two attached hydrogens (primary N) is 1. The van der Waals surface area contributed by atoms with Crippen molar-refractivity contribution in [3.8, 4) is 0 Å². The summed E-state index contributed by atoms with van der Waals surface area (Å²) in [5.74, 6) is -1.22. The monoisotopic (exact) mass is 214 g/mol. The SMILES string of the molecule is CC(NC(=O)C1CCC(N)CC1)C(=O)O. The van der Waals surface area contributed by atoms with Crippen molar-refractivity contribution in [1.29, 1.82) is 0 Å². The van der Waals surface area contributed by atoms with Crippen molar-refractivity contribution in [3.05, 3.63) is 0 Å². The van der Waals surface area contributed by atoms with Gasteiger partial charge in [-0.1, -0.05) is 0 Å². The van der Waals surface area contributed by atoms with Gasteiger partial charge in [-0.2, -0.15) is 0 Å². The van der Waals surface area contributed by atoms with Gasteiger partial charge in [-0.25, -0.2) is 0 Å². The van der Waals surface area contributed by atoms with Crippen molar-refractivity contribution < 1.29 is 14.7 Å². The summed E-state index contributed by atoms with van der Waals surface area (Å²) in [5.41, 5.74) is 5.72. The molecule has 4 N–H and O–H groups in total. The van der Waals surface area contributed by atoms with Crippen molar-refractivity contribution in [2.45, 2.75) is 44.7 Å². The predicted octanol–water partition coefficient (Wildman–Crippen LogP) is 0.0932. The minimum atomic E-state index is -1.00. The molecule has 1 rings (SSSR count). The highest BCUT2D eigenvalue weighted by Crippen LogP contribution is 2.23. The zero-order valence-electron chi connectivity index (χ0n) is 8.90. The normalized spacial score (nSPS) is 28.1. The zero-order valence-corrected chi connectivity index (χ0v) is 8.90. The van der Waals surface area contributed by atoms with Crippen LogP contribution in [-0.2, 0) is 9.59 Å². The molecule has 1 atom stereocenters. The van der Waals surface area contributed by atoms with Crippen LogP contribution >= 0.6 is 0 Å². The molecule has 1 aliphatic carbocycles. The molecule has 0 saturated heterocycles. The lowest BCUT2D eigenvalue weighted by Gasteiger charge is -2.25. The van der Waals surface area contributed by atoms with Gasteiger partial charge in [0.25, 0.3) is 0 Å². The lowest BCUT2D eigenvalue weighted by Crippen LogP contribution is -2.43. The molecule has 0 radical (unpaired) electrons. The van der Waals surface area contributed by atoms with E-state index in [0.717, 1.165) is 25.7 Å². The van der Waals surface area contributed by atoms with E-state index in [1.807, 2.05) is 0 Å². The van der Waals surface area contributed by atoms with E-state index in [1.165, 1.54) is 6.92 Å². The summed E-state index contributed by atoms with van der Waals surface area (Å²) in [7, 11) is 0. The standard InChI is InChI=1S/C10H18N2O3/c1-6(10(14)15)12-9(13)7-2-4-8(11)5-3-7/h6-8H,2-5,11H2,1H3,(H,12,13)(H,14,15). The molecule has 1 aliphatic rings. The highest BCUT2D eigenvalue weighted by atomic mass is 16.4. The van der Waals surface area contributed by atoms with Gasteiger partial charge < -0.3 is 16.2 Å². The summed E-state index contributed by atoms with van der Waals surface area (Å²) < 4.78 is 0. The average molecular weight is 214 g/mol. The Bertz CT molecular complexity index is 247. The number of nitrogens with one attached hydrogen (secondary N) is 1. The van der Waals surface area contributed by atoms with E-state index >= 15 is 0 Å². The van der Waals surface area contributed by atoms with Crippen molar-refractivity contribution in [1.82, 2.24) is 5.32 Å². The third kappa shape index (κ3) is 3.51. The van der Waals surface area contributed by atoms with Gasteiger partial charge >= 0.3 is 5.97 Å². The Morgan fingerprint density at radius 1 is 1.33 bits per heavy atom. The Morgan fingerprint density at radius 3 is 2.33 bits per heavy atom. The second kappa shape index (κ2) is 5.11. The summed E-state index contributed by atoms with van der Waals surface area (Å²) in [6.45, 7) is 1.47. The number of carbonyl (C=O) groups is 2. The maximum Gasteiger partial charge on any atom is 0.325 e. The topological polar surface area (TPSA) is 92.4 Å². The second-order valence-corrected chi connectivity index (χ2v) is 4.18. The number of hydrogen-bond donors (Lipinski definition) is 3. The number of aliphatic carboxylic acids is 1. The number of carbonyl (C=O) groups excluding carboxylic acids is 1. The third-order valence-corrected chi connectivity index (χ3v) is 2.87. The second-order valence-electron chi connectivity index (χ2n) is 4.18. The molecular formula is C10H18N2O3. The largest absolute Gasteiger partial charge is 0.480 e. The molecule has 5 nitrogen and oxygen atoms in total. The van der Waals surface area contributed by atoms with Crippen LogP contribution in [0.4, 0.5) is 0 Å². The smallest absolute Gasteiger partial charge is 0.325 e. The minimum absolute atomic E-state index is 0.0633. The Morgan fingerprint density at radius 2 is 1.87 bits per heavy atom. The molecule has 0 aliphatic heterocycles. The first-order valence-corrected chi connectivity index (χ1v) is 5.29. The van der Waals surface area contributed by atoms with E-state index < -0.39 is 12.0 Å². The van der Waals surface area contributed by atoms with Crippen LogP contribution in [0.15, 0.2) is 0 Å². The van der Waals surface area contributed by atoms with Gasteiger partial charge in [0.1, 0.15) is 6.04 Å². The first-order chi connectivity index (χ1) is 7.00. The number of amides is 1. The van der Waals surface area contributed by atoms with Crippen molar-refractivity contribution >= 4 is 11.9 Å². The lowest BCUT2D eigenvalue weighted by molar-refractivity contribution is -0.142. The fourth-order valence-corrected chi connectivity index (χ4v) is 1.77. The van der Waals surface area contributed by atoms with E-state index in [1.54, 1.807) is 0 Å². The molecule has 0 aromatic heterocycles. The van der Waals surface area contributed by atoms with E-state index in [-0.39, 0.29) is 17.9 Å². The summed E-state index contributed by atoms with van der Waals surface area (Å²) >= 11 is 0. The first-order valence-electron chi connectivity index (χ1n) is 5.29. The van der Waals surface area contributed by atoms with Gasteiger partial charge in [0.05, 0.1) is 0 Å². The maximum absolute atomic E-state index is 11.6. The molecule has 1 unspecified atom stereocenters. The number of carboxylic acid groups (broad SMARTS) is 1. The van der Waals surface area contributed by atoms with Crippen molar-refractivity contribution in [2.75, 3.05) is 0 Å². The van der Waals surface area contributed by atoms with Crippen LogP contribution in [0.5, 0.6) is 0 Å². The Hall–Kier alpha value is -1.10. The first kappa shape index (κ1) is 12.0. The summed E-state index contributed by atoms with van der Waals surface area (Å²) in [6, 6.07) is -0.612. The quantitative estimate of drug-likeness (QED) is 0.621. The van der Waals surface area contributed by atoms with E-state index in [4.69, 9.17) is 10.8 Å². The molecule has 0 aromatic carbocycles. The Labute approximate surface area is 89.0 Å². The van der Waals surface area contributed by atoms with Gasteiger partial charge in [0.2, 0.25) is 5.91 Å². The summed E-state index contributed by atoms with van der Waals surface area (Å²) in [6.07, 6.45) is 3.22.